The lowest BCUT2D eigenvalue weighted by molar-refractivity contribution is 0.151. The maximum Gasteiger partial charge on any atom is 0.131 e. The number of aromatic nitrogens is 1. The molecule has 1 aliphatic carbocycles. The molecule has 1 saturated heterocycles. The van der Waals surface area contributed by atoms with Crippen LogP contribution in [0, 0.1) is 0 Å². The molecule has 3 heteroatoms. The van der Waals surface area contributed by atoms with Crippen LogP contribution in [0.4, 0.5) is 5.82 Å². The average Bonchev–Trinajstić information content (AvgIpc) is 2.83. The second-order valence-corrected chi connectivity index (χ2v) is 5.08. The van der Waals surface area contributed by atoms with Crippen molar-refractivity contribution in [3.05, 3.63) is 23.9 Å². The largest absolute Gasteiger partial charge is 0.390 e. The van der Waals surface area contributed by atoms with Crippen molar-refractivity contribution < 1.29 is 5.11 Å². The zero-order valence-electron chi connectivity index (χ0n) is 9.52. The zero-order valence-corrected chi connectivity index (χ0v) is 9.52. The van der Waals surface area contributed by atoms with E-state index in [4.69, 9.17) is 0 Å². The lowest BCUT2D eigenvalue weighted by atomic mass is 10.1. The molecule has 0 atom stereocenters. The number of pyridine rings is 1. The first-order valence-corrected chi connectivity index (χ1v) is 6.18. The average molecular weight is 218 g/mol. The molecular formula is C13H18N2O. The highest BCUT2D eigenvalue weighted by Gasteiger charge is 2.41. The molecule has 3 nitrogen and oxygen atoms in total. The van der Waals surface area contributed by atoms with Crippen LogP contribution in [0.2, 0.25) is 0 Å². The van der Waals surface area contributed by atoms with Crippen molar-refractivity contribution in [3.8, 4) is 0 Å². The second kappa shape index (κ2) is 3.74. The molecule has 2 fully saturated rings. The first kappa shape index (κ1) is 10.1. The third-order valence-electron chi connectivity index (χ3n) is 3.62. The van der Waals surface area contributed by atoms with E-state index in [1.165, 1.54) is 18.4 Å². The van der Waals surface area contributed by atoms with Crippen molar-refractivity contribution in [1.82, 2.24) is 4.98 Å². The summed E-state index contributed by atoms with van der Waals surface area (Å²) in [5.41, 5.74) is 0.793. The van der Waals surface area contributed by atoms with Crippen molar-refractivity contribution in [3.63, 3.8) is 0 Å². The quantitative estimate of drug-likeness (QED) is 0.839. The fourth-order valence-electron chi connectivity index (χ4n) is 2.46. The van der Waals surface area contributed by atoms with Crippen LogP contribution in [0.1, 0.15) is 31.2 Å². The number of anilines is 1. The van der Waals surface area contributed by atoms with Crippen molar-refractivity contribution in [2.45, 2.75) is 37.7 Å². The normalized spacial score (nSPS) is 22.4. The predicted octanol–water partition coefficient (Wildman–Crippen LogP) is 1.75. The van der Waals surface area contributed by atoms with Gasteiger partial charge in [-0.2, -0.15) is 0 Å². The molecule has 16 heavy (non-hydrogen) atoms. The fraction of sp³-hybridized carbons (Fsp3) is 0.615. The Balaban J connectivity index is 1.85. The van der Waals surface area contributed by atoms with Gasteiger partial charge >= 0.3 is 0 Å². The molecule has 0 radical (unpaired) electrons. The lowest BCUT2D eigenvalue weighted by Gasteiger charge is -2.20. The molecule has 1 N–H and O–H groups in total. The minimum Gasteiger partial charge on any atom is -0.390 e. The Morgan fingerprint density at radius 3 is 2.75 bits per heavy atom. The number of hydrogen-bond donors (Lipinski definition) is 1. The van der Waals surface area contributed by atoms with Crippen molar-refractivity contribution in [1.29, 1.82) is 0 Å². The summed E-state index contributed by atoms with van der Waals surface area (Å²) >= 11 is 0. The van der Waals surface area contributed by atoms with E-state index in [1.54, 1.807) is 0 Å². The highest BCUT2D eigenvalue weighted by Crippen LogP contribution is 2.39. The van der Waals surface area contributed by atoms with Crippen LogP contribution in [-0.4, -0.2) is 28.8 Å². The van der Waals surface area contributed by atoms with Gasteiger partial charge in [0.25, 0.3) is 0 Å². The monoisotopic (exact) mass is 218 g/mol. The maximum absolute atomic E-state index is 10.0. The molecule has 1 aromatic rings. The van der Waals surface area contributed by atoms with Gasteiger partial charge < -0.3 is 10.0 Å². The molecule has 1 saturated carbocycles. The summed E-state index contributed by atoms with van der Waals surface area (Å²) in [6.45, 7) is 2.23. The minimum absolute atomic E-state index is 0.419. The zero-order chi connectivity index (χ0) is 11.0. The van der Waals surface area contributed by atoms with E-state index in [0.29, 0.717) is 0 Å². The number of nitrogens with zero attached hydrogens (tertiary/aromatic N) is 2. The van der Waals surface area contributed by atoms with Gasteiger partial charge in [0.1, 0.15) is 5.82 Å². The first-order valence-electron chi connectivity index (χ1n) is 6.18. The summed E-state index contributed by atoms with van der Waals surface area (Å²) in [4.78, 5) is 6.84. The second-order valence-electron chi connectivity index (χ2n) is 5.08. The summed E-state index contributed by atoms with van der Waals surface area (Å²) in [5, 5.41) is 10.0. The molecule has 0 bridgehead atoms. The van der Waals surface area contributed by atoms with Crippen LogP contribution < -0.4 is 4.90 Å². The summed E-state index contributed by atoms with van der Waals surface area (Å²) in [5.74, 6) is 1.10. The summed E-state index contributed by atoms with van der Waals surface area (Å²) < 4.78 is 0. The Hall–Kier alpha value is -1.09. The highest BCUT2D eigenvalue weighted by molar-refractivity contribution is 5.48. The van der Waals surface area contributed by atoms with Gasteiger partial charge in [0.15, 0.2) is 0 Å². The van der Waals surface area contributed by atoms with Crippen molar-refractivity contribution in [2.75, 3.05) is 18.0 Å². The third kappa shape index (κ3) is 1.92. The Morgan fingerprint density at radius 2 is 2.06 bits per heavy atom. The molecule has 1 aliphatic heterocycles. The minimum atomic E-state index is -0.419. The molecule has 0 spiro atoms. The topological polar surface area (TPSA) is 36.4 Å². The van der Waals surface area contributed by atoms with Crippen LogP contribution in [0.5, 0.6) is 0 Å². The summed E-state index contributed by atoms with van der Waals surface area (Å²) in [6.07, 6.45) is 7.05. The van der Waals surface area contributed by atoms with Gasteiger partial charge in [-0.1, -0.05) is 6.07 Å². The van der Waals surface area contributed by atoms with Crippen LogP contribution >= 0.6 is 0 Å². The smallest absolute Gasteiger partial charge is 0.131 e. The van der Waals surface area contributed by atoms with E-state index in [0.717, 1.165) is 38.2 Å². The summed E-state index contributed by atoms with van der Waals surface area (Å²) in [6, 6.07) is 4.08. The van der Waals surface area contributed by atoms with Crippen LogP contribution in [0.3, 0.4) is 0 Å². The third-order valence-corrected chi connectivity index (χ3v) is 3.62. The summed E-state index contributed by atoms with van der Waals surface area (Å²) in [7, 11) is 0. The Kier molecular flexibility index (Phi) is 2.36. The lowest BCUT2D eigenvalue weighted by Crippen LogP contribution is -2.22. The van der Waals surface area contributed by atoms with Crippen LogP contribution in [-0.2, 0) is 6.42 Å². The highest BCUT2D eigenvalue weighted by atomic mass is 16.3. The van der Waals surface area contributed by atoms with E-state index in [1.807, 2.05) is 12.3 Å². The van der Waals surface area contributed by atoms with E-state index in [9.17, 15) is 5.11 Å². The van der Waals surface area contributed by atoms with Crippen LogP contribution in [0.15, 0.2) is 18.3 Å². The fourth-order valence-corrected chi connectivity index (χ4v) is 2.46. The van der Waals surface area contributed by atoms with Gasteiger partial charge in [0.05, 0.1) is 5.60 Å². The van der Waals surface area contributed by atoms with Gasteiger partial charge in [-0.05, 0) is 37.3 Å². The Bertz CT molecular complexity index is 381. The molecule has 1 aromatic heterocycles. The molecule has 0 unspecified atom stereocenters. The Labute approximate surface area is 96.1 Å². The van der Waals surface area contributed by atoms with Gasteiger partial charge in [-0.25, -0.2) is 4.98 Å². The van der Waals surface area contributed by atoms with E-state index in [2.05, 4.69) is 16.0 Å². The van der Waals surface area contributed by atoms with Crippen molar-refractivity contribution in [2.24, 2.45) is 0 Å². The molecule has 0 amide bonds. The van der Waals surface area contributed by atoms with Gasteiger partial charge in [-0.15, -0.1) is 0 Å². The van der Waals surface area contributed by atoms with E-state index < -0.39 is 5.60 Å². The maximum atomic E-state index is 10.0. The molecule has 3 rings (SSSR count). The number of aliphatic hydroxyl groups is 1. The van der Waals surface area contributed by atoms with E-state index >= 15 is 0 Å². The molecule has 0 aromatic carbocycles. The predicted molar refractivity (Wildman–Crippen MR) is 63.6 cm³/mol. The van der Waals surface area contributed by atoms with Gasteiger partial charge in [0, 0.05) is 25.7 Å². The van der Waals surface area contributed by atoms with Gasteiger partial charge in [0.2, 0.25) is 0 Å². The first-order chi connectivity index (χ1) is 7.77. The molecular weight excluding hydrogens is 200 g/mol. The molecule has 86 valence electrons. The molecule has 2 aliphatic rings. The number of hydrogen-bond acceptors (Lipinski definition) is 3. The van der Waals surface area contributed by atoms with E-state index in [-0.39, 0.29) is 0 Å². The number of rotatable bonds is 3. The van der Waals surface area contributed by atoms with Crippen LogP contribution in [0.25, 0.3) is 0 Å². The van der Waals surface area contributed by atoms with Gasteiger partial charge in [-0.3, -0.25) is 0 Å². The SMILES string of the molecule is OC1(Cc2cccnc2N2CCCC2)CC1. The Morgan fingerprint density at radius 1 is 1.31 bits per heavy atom. The molecule has 2 heterocycles. The standard InChI is InChI=1S/C13H18N2O/c16-13(5-6-13)10-11-4-3-7-14-12(11)15-8-1-2-9-15/h3-4,7,16H,1-2,5-6,8-10H2. The van der Waals surface area contributed by atoms with Crippen molar-refractivity contribution >= 4 is 5.82 Å².